The number of rotatable bonds is 4. The maximum absolute atomic E-state index is 4.42. The molecule has 1 heterocycles. The maximum atomic E-state index is 4.42. The van der Waals surface area contributed by atoms with E-state index in [1.54, 1.807) is 0 Å². The fourth-order valence-corrected chi connectivity index (χ4v) is 2.72. The molecule has 112 valence electrons. The summed E-state index contributed by atoms with van der Waals surface area (Å²) in [6.45, 7) is 0.778. The number of hydrogen-bond acceptors (Lipinski definition) is 2. The molecule has 23 heavy (non-hydrogen) atoms. The summed E-state index contributed by atoms with van der Waals surface area (Å²) in [7, 11) is 0. The smallest absolute Gasteiger partial charge is 0.0770 e. The van der Waals surface area contributed by atoms with E-state index < -0.39 is 0 Å². The van der Waals surface area contributed by atoms with Crippen molar-refractivity contribution >= 4 is 22.1 Å². The first-order valence-corrected chi connectivity index (χ1v) is 7.69. The molecule has 0 atom stereocenters. The Labute approximate surface area is 135 Å². The summed E-state index contributed by atoms with van der Waals surface area (Å²) in [4.78, 5) is 0. The van der Waals surface area contributed by atoms with Gasteiger partial charge < -0.3 is 5.32 Å². The highest BCUT2D eigenvalue weighted by atomic mass is 15.3. The molecule has 0 amide bonds. The van der Waals surface area contributed by atoms with Gasteiger partial charge in [-0.1, -0.05) is 60.7 Å². The van der Waals surface area contributed by atoms with Crippen LogP contribution in [0.4, 0.5) is 11.4 Å². The Kier molecular flexibility index (Phi) is 3.53. The summed E-state index contributed by atoms with van der Waals surface area (Å²) in [5, 5.41) is 10.3. The minimum atomic E-state index is 0.778. The quantitative estimate of drug-likeness (QED) is 0.585. The van der Waals surface area contributed by atoms with Gasteiger partial charge in [-0.15, -0.1) is 0 Å². The predicted molar refractivity (Wildman–Crippen MR) is 95.0 cm³/mol. The number of fused-ring (bicyclic) bond motifs is 1. The van der Waals surface area contributed by atoms with Gasteiger partial charge >= 0.3 is 0 Å². The van der Waals surface area contributed by atoms with E-state index in [1.807, 2.05) is 35.3 Å². The predicted octanol–water partition coefficient (Wildman–Crippen LogP) is 4.83. The number of nitrogens with one attached hydrogen (secondary N) is 1. The van der Waals surface area contributed by atoms with Crippen LogP contribution in [-0.2, 0) is 6.54 Å². The number of aromatic nitrogens is 2. The zero-order valence-corrected chi connectivity index (χ0v) is 12.7. The van der Waals surface area contributed by atoms with Gasteiger partial charge in [0.05, 0.1) is 18.4 Å². The van der Waals surface area contributed by atoms with Crippen LogP contribution in [0.1, 0.15) is 5.56 Å². The highest BCUT2D eigenvalue weighted by Crippen LogP contribution is 2.22. The van der Waals surface area contributed by atoms with Crippen molar-refractivity contribution in [2.75, 3.05) is 5.32 Å². The van der Waals surface area contributed by atoms with Crippen LogP contribution in [0, 0.1) is 0 Å². The van der Waals surface area contributed by atoms with Gasteiger partial charge in [-0.25, -0.2) is 0 Å². The molecule has 0 saturated heterocycles. The van der Waals surface area contributed by atoms with E-state index in [4.69, 9.17) is 0 Å². The third-order valence-corrected chi connectivity index (χ3v) is 3.86. The Bertz CT molecular complexity index is 926. The molecule has 0 bridgehead atoms. The molecule has 0 radical (unpaired) electrons. The molecule has 0 aliphatic rings. The van der Waals surface area contributed by atoms with Crippen molar-refractivity contribution in [1.82, 2.24) is 9.78 Å². The van der Waals surface area contributed by atoms with Gasteiger partial charge in [0.25, 0.3) is 0 Å². The van der Waals surface area contributed by atoms with Crippen molar-refractivity contribution in [2.24, 2.45) is 0 Å². The first-order chi connectivity index (χ1) is 11.4. The molecule has 1 N–H and O–H groups in total. The highest BCUT2D eigenvalue weighted by Gasteiger charge is 2.01. The second-order valence-electron chi connectivity index (χ2n) is 5.60. The van der Waals surface area contributed by atoms with Gasteiger partial charge in [-0.2, -0.15) is 5.10 Å². The van der Waals surface area contributed by atoms with Crippen LogP contribution in [-0.4, -0.2) is 9.78 Å². The topological polar surface area (TPSA) is 29.9 Å². The van der Waals surface area contributed by atoms with E-state index in [0.717, 1.165) is 17.9 Å². The van der Waals surface area contributed by atoms with E-state index in [1.165, 1.54) is 16.3 Å². The lowest BCUT2D eigenvalue weighted by molar-refractivity contribution is 0.687. The summed E-state index contributed by atoms with van der Waals surface area (Å²) in [5.41, 5.74) is 3.31. The van der Waals surface area contributed by atoms with Gasteiger partial charge in [0.1, 0.15) is 0 Å². The lowest BCUT2D eigenvalue weighted by Gasteiger charge is -2.05. The van der Waals surface area contributed by atoms with Crippen molar-refractivity contribution in [3.05, 3.63) is 90.8 Å². The van der Waals surface area contributed by atoms with Crippen molar-refractivity contribution in [3.63, 3.8) is 0 Å². The number of nitrogens with zero attached hydrogens (tertiary/aromatic N) is 2. The molecule has 3 aromatic carbocycles. The lowest BCUT2D eigenvalue weighted by Crippen LogP contribution is -1.99. The summed E-state index contributed by atoms with van der Waals surface area (Å²) in [6.07, 6.45) is 3.89. The fourth-order valence-electron chi connectivity index (χ4n) is 2.72. The van der Waals surface area contributed by atoms with Gasteiger partial charge in [0.15, 0.2) is 0 Å². The van der Waals surface area contributed by atoms with Crippen LogP contribution in [0.2, 0.25) is 0 Å². The molecule has 0 unspecified atom stereocenters. The Morgan fingerprint density at radius 1 is 0.783 bits per heavy atom. The normalized spacial score (nSPS) is 10.8. The molecule has 0 fully saturated rings. The van der Waals surface area contributed by atoms with E-state index in [-0.39, 0.29) is 0 Å². The third kappa shape index (κ3) is 3.09. The van der Waals surface area contributed by atoms with E-state index in [0.29, 0.717) is 0 Å². The Hall–Kier alpha value is -3.07. The zero-order valence-electron chi connectivity index (χ0n) is 12.7. The van der Waals surface area contributed by atoms with Gasteiger partial charge in [0.2, 0.25) is 0 Å². The summed E-state index contributed by atoms with van der Waals surface area (Å²) < 4.78 is 1.94. The van der Waals surface area contributed by atoms with Gasteiger partial charge in [-0.05, 0) is 28.5 Å². The van der Waals surface area contributed by atoms with E-state index in [9.17, 15) is 0 Å². The Morgan fingerprint density at radius 3 is 2.43 bits per heavy atom. The van der Waals surface area contributed by atoms with Crippen molar-refractivity contribution in [1.29, 1.82) is 0 Å². The second-order valence-corrected chi connectivity index (χ2v) is 5.60. The Morgan fingerprint density at radius 2 is 1.57 bits per heavy atom. The molecule has 1 aromatic heterocycles. The third-order valence-electron chi connectivity index (χ3n) is 3.86. The van der Waals surface area contributed by atoms with Crippen LogP contribution in [0.15, 0.2) is 85.2 Å². The van der Waals surface area contributed by atoms with Gasteiger partial charge in [0, 0.05) is 11.9 Å². The SMILES string of the molecule is c1ccc(Cn2cc(Nc3ccc4ccccc4c3)cn2)cc1. The molecule has 0 aliphatic heterocycles. The largest absolute Gasteiger partial charge is 0.353 e. The van der Waals surface area contributed by atoms with Crippen LogP contribution in [0.3, 0.4) is 0 Å². The molecule has 0 aliphatic carbocycles. The van der Waals surface area contributed by atoms with Crippen LogP contribution in [0.5, 0.6) is 0 Å². The van der Waals surface area contributed by atoms with E-state index >= 15 is 0 Å². The second kappa shape index (κ2) is 5.97. The van der Waals surface area contributed by atoms with Crippen molar-refractivity contribution in [2.45, 2.75) is 6.54 Å². The van der Waals surface area contributed by atoms with Gasteiger partial charge in [-0.3, -0.25) is 4.68 Å². The summed E-state index contributed by atoms with van der Waals surface area (Å²) in [6, 6.07) is 25.1. The number of benzene rings is 3. The molecular weight excluding hydrogens is 282 g/mol. The number of anilines is 2. The zero-order chi connectivity index (χ0) is 15.5. The monoisotopic (exact) mass is 299 g/mol. The van der Waals surface area contributed by atoms with Crippen LogP contribution >= 0.6 is 0 Å². The van der Waals surface area contributed by atoms with Crippen molar-refractivity contribution < 1.29 is 0 Å². The summed E-state index contributed by atoms with van der Waals surface area (Å²) >= 11 is 0. The Balaban J connectivity index is 1.52. The molecular formula is C20H17N3. The first-order valence-electron chi connectivity index (χ1n) is 7.69. The molecule has 3 heteroatoms. The lowest BCUT2D eigenvalue weighted by atomic mass is 10.1. The average Bonchev–Trinajstić information content (AvgIpc) is 3.02. The molecule has 0 saturated carbocycles. The number of hydrogen-bond donors (Lipinski definition) is 1. The van der Waals surface area contributed by atoms with Crippen molar-refractivity contribution in [3.8, 4) is 0 Å². The van der Waals surface area contributed by atoms with Crippen LogP contribution in [0.25, 0.3) is 10.8 Å². The fraction of sp³-hybridized carbons (Fsp3) is 0.0500. The minimum absolute atomic E-state index is 0.778. The molecule has 0 spiro atoms. The maximum Gasteiger partial charge on any atom is 0.0770 e. The molecule has 3 nitrogen and oxygen atoms in total. The standard InChI is InChI=1S/C20H17N3/c1-2-6-16(7-3-1)14-23-15-20(13-21-23)22-19-11-10-17-8-4-5-9-18(17)12-19/h1-13,15,22H,14H2. The van der Waals surface area contributed by atoms with E-state index in [2.05, 4.69) is 65.0 Å². The van der Waals surface area contributed by atoms with Crippen LogP contribution < -0.4 is 5.32 Å². The summed E-state index contributed by atoms with van der Waals surface area (Å²) in [5.74, 6) is 0. The first kappa shape index (κ1) is 13.6. The minimum Gasteiger partial charge on any atom is -0.353 e. The average molecular weight is 299 g/mol. The molecule has 4 rings (SSSR count). The molecule has 4 aromatic rings. The highest BCUT2D eigenvalue weighted by molar-refractivity contribution is 5.86.